The Kier molecular flexibility index (Phi) is 4.81. The number of carboxylic acid groups (broad SMARTS) is 1. The molecule has 4 heteroatoms. The van der Waals surface area contributed by atoms with Crippen LogP contribution < -0.4 is 4.90 Å². The van der Waals surface area contributed by atoms with Crippen molar-refractivity contribution < 1.29 is 9.90 Å². The van der Waals surface area contributed by atoms with Gasteiger partial charge < -0.3 is 10.0 Å². The van der Waals surface area contributed by atoms with E-state index >= 15 is 0 Å². The Bertz CT molecular complexity index is 647. The minimum atomic E-state index is -0.934. The molecule has 1 heterocycles. The molecule has 1 N–H and O–H groups in total. The average Bonchev–Trinajstić information content (AvgIpc) is 2.97. The Morgan fingerprint density at radius 1 is 1.38 bits per heavy atom. The first-order valence-corrected chi connectivity index (χ1v) is 7.65. The van der Waals surface area contributed by atoms with Crippen LogP contribution in [0.15, 0.2) is 41.8 Å². The molecule has 0 amide bonds. The maximum absolute atomic E-state index is 10.8. The van der Waals surface area contributed by atoms with Crippen molar-refractivity contribution in [3.05, 3.63) is 57.8 Å². The normalized spacial score (nSPS) is 12.5. The number of hydrogen-bond acceptors (Lipinski definition) is 3. The molecular formula is C17H19NO2S. The van der Waals surface area contributed by atoms with Crippen LogP contribution in [0, 0.1) is 6.92 Å². The second kappa shape index (κ2) is 6.59. The Balaban J connectivity index is 2.36. The number of rotatable bonds is 5. The second-order valence-electron chi connectivity index (χ2n) is 5.04. The number of hydrogen-bond donors (Lipinski definition) is 1. The van der Waals surface area contributed by atoms with Crippen LogP contribution in [0.4, 0.5) is 5.69 Å². The van der Waals surface area contributed by atoms with E-state index in [1.165, 1.54) is 11.0 Å². The molecule has 1 unspecified atom stereocenters. The number of aryl methyl sites for hydroxylation is 1. The summed E-state index contributed by atoms with van der Waals surface area (Å²) in [6, 6.07) is 10.5. The minimum absolute atomic E-state index is 0.240. The largest absolute Gasteiger partial charge is 0.478 e. The van der Waals surface area contributed by atoms with E-state index in [-0.39, 0.29) is 6.04 Å². The molecule has 0 spiro atoms. The fraction of sp³-hybridized carbons (Fsp3) is 0.235. The first kappa shape index (κ1) is 15.3. The van der Waals surface area contributed by atoms with Crippen molar-refractivity contribution in [3.8, 4) is 0 Å². The summed E-state index contributed by atoms with van der Waals surface area (Å²) in [4.78, 5) is 14.2. The number of benzene rings is 1. The molecular weight excluding hydrogens is 282 g/mol. The number of aliphatic carboxylic acids is 1. The molecule has 1 aromatic carbocycles. The van der Waals surface area contributed by atoms with Gasteiger partial charge in [0.1, 0.15) is 0 Å². The molecule has 0 bridgehead atoms. The molecule has 21 heavy (non-hydrogen) atoms. The third kappa shape index (κ3) is 3.73. The molecule has 0 radical (unpaired) electrons. The fourth-order valence-electron chi connectivity index (χ4n) is 2.22. The first-order valence-electron chi connectivity index (χ1n) is 6.77. The van der Waals surface area contributed by atoms with E-state index in [9.17, 15) is 4.79 Å². The van der Waals surface area contributed by atoms with Crippen molar-refractivity contribution in [1.82, 2.24) is 0 Å². The molecule has 0 aliphatic carbocycles. The van der Waals surface area contributed by atoms with Crippen LogP contribution in [0.3, 0.4) is 0 Å². The zero-order valence-corrected chi connectivity index (χ0v) is 13.2. The summed E-state index contributed by atoms with van der Waals surface area (Å²) in [7, 11) is 2.03. The minimum Gasteiger partial charge on any atom is -0.478 e. The fourth-order valence-corrected chi connectivity index (χ4v) is 3.04. The molecule has 3 nitrogen and oxygen atoms in total. The molecule has 0 aliphatic heterocycles. The van der Waals surface area contributed by atoms with E-state index in [2.05, 4.69) is 23.3 Å². The molecule has 1 atom stereocenters. The quantitative estimate of drug-likeness (QED) is 0.835. The predicted octanol–water partition coefficient (Wildman–Crippen LogP) is 4.35. The molecule has 2 rings (SSSR count). The van der Waals surface area contributed by atoms with Gasteiger partial charge in [0.05, 0.1) is 6.04 Å². The van der Waals surface area contributed by atoms with E-state index in [1.807, 2.05) is 38.2 Å². The zero-order valence-electron chi connectivity index (χ0n) is 12.4. The van der Waals surface area contributed by atoms with Crippen molar-refractivity contribution in [2.75, 3.05) is 11.9 Å². The maximum atomic E-state index is 10.8. The van der Waals surface area contributed by atoms with Gasteiger partial charge in [-0.2, -0.15) is 0 Å². The highest BCUT2D eigenvalue weighted by Crippen LogP contribution is 2.31. The van der Waals surface area contributed by atoms with Crippen LogP contribution in [0.1, 0.15) is 29.0 Å². The summed E-state index contributed by atoms with van der Waals surface area (Å²) in [5, 5.41) is 10.9. The lowest BCUT2D eigenvalue weighted by molar-refractivity contribution is -0.131. The standard InChI is InChI=1S/C17H19NO2S/c1-12-6-8-15(14(11-12)7-9-17(19)20)18(3)13(2)16-5-4-10-21-16/h4-11,13H,1-3H3,(H,19,20)/b9-7+. The van der Waals surface area contributed by atoms with Gasteiger partial charge >= 0.3 is 5.97 Å². The lowest BCUT2D eigenvalue weighted by Gasteiger charge is -2.28. The van der Waals surface area contributed by atoms with Gasteiger partial charge in [-0.25, -0.2) is 4.79 Å². The number of carbonyl (C=O) groups is 1. The SMILES string of the molecule is Cc1ccc(N(C)C(C)c2cccs2)c(/C=C/C(=O)O)c1. The van der Waals surface area contributed by atoms with Crippen molar-refractivity contribution >= 4 is 29.1 Å². The van der Waals surface area contributed by atoms with Gasteiger partial charge in [0.25, 0.3) is 0 Å². The summed E-state index contributed by atoms with van der Waals surface area (Å²) in [6.07, 6.45) is 2.84. The van der Waals surface area contributed by atoms with Crippen LogP contribution in [0.5, 0.6) is 0 Å². The topological polar surface area (TPSA) is 40.5 Å². The van der Waals surface area contributed by atoms with Crippen LogP contribution >= 0.6 is 11.3 Å². The van der Waals surface area contributed by atoms with Gasteiger partial charge in [-0.15, -0.1) is 11.3 Å². The molecule has 110 valence electrons. The molecule has 0 aliphatic rings. The summed E-state index contributed by atoms with van der Waals surface area (Å²) >= 11 is 1.73. The van der Waals surface area contributed by atoms with Gasteiger partial charge in [-0.1, -0.05) is 17.7 Å². The molecule has 2 aromatic rings. The van der Waals surface area contributed by atoms with E-state index in [0.717, 1.165) is 16.8 Å². The van der Waals surface area contributed by atoms with E-state index in [1.54, 1.807) is 17.4 Å². The predicted molar refractivity (Wildman–Crippen MR) is 89.0 cm³/mol. The van der Waals surface area contributed by atoms with E-state index in [0.29, 0.717) is 0 Å². The molecule has 0 fully saturated rings. The van der Waals surface area contributed by atoms with Gasteiger partial charge in [-0.3, -0.25) is 0 Å². The smallest absolute Gasteiger partial charge is 0.328 e. The number of nitrogens with zero attached hydrogens (tertiary/aromatic N) is 1. The number of thiophene rings is 1. The van der Waals surface area contributed by atoms with Gasteiger partial charge in [-0.05, 0) is 49.1 Å². The third-order valence-electron chi connectivity index (χ3n) is 3.50. The average molecular weight is 301 g/mol. The highest BCUT2D eigenvalue weighted by Gasteiger charge is 2.15. The van der Waals surface area contributed by atoms with Crippen LogP contribution in [-0.2, 0) is 4.79 Å². The zero-order chi connectivity index (χ0) is 15.4. The second-order valence-corrected chi connectivity index (χ2v) is 6.02. The van der Waals surface area contributed by atoms with E-state index in [4.69, 9.17) is 5.11 Å². The van der Waals surface area contributed by atoms with Crippen molar-refractivity contribution in [3.63, 3.8) is 0 Å². The summed E-state index contributed by atoms with van der Waals surface area (Å²) < 4.78 is 0. The van der Waals surface area contributed by atoms with Crippen molar-refractivity contribution in [2.24, 2.45) is 0 Å². The summed E-state index contributed by atoms with van der Waals surface area (Å²) in [5.74, 6) is -0.934. The molecule has 1 aromatic heterocycles. The van der Waals surface area contributed by atoms with Crippen LogP contribution in [0.2, 0.25) is 0 Å². The Morgan fingerprint density at radius 3 is 2.76 bits per heavy atom. The van der Waals surface area contributed by atoms with Crippen molar-refractivity contribution in [1.29, 1.82) is 0 Å². The number of carboxylic acids is 1. The van der Waals surface area contributed by atoms with Gasteiger partial charge in [0.2, 0.25) is 0 Å². The van der Waals surface area contributed by atoms with Crippen LogP contribution in [0.25, 0.3) is 6.08 Å². The molecule has 0 saturated heterocycles. The Labute approximate surface area is 129 Å². The van der Waals surface area contributed by atoms with E-state index < -0.39 is 5.97 Å². The Hall–Kier alpha value is -2.07. The maximum Gasteiger partial charge on any atom is 0.328 e. The first-order chi connectivity index (χ1) is 9.99. The lowest BCUT2D eigenvalue weighted by atomic mass is 10.1. The molecule has 0 saturated carbocycles. The summed E-state index contributed by atoms with van der Waals surface area (Å²) in [6.45, 7) is 4.15. The van der Waals surface area contributed by atoms with Crippen molar-refractivity contribution in [2.45, 2.75) is 19.9 Å². The highest BCUT2D eigenvalue weighted by molar-refractivity contribution is 7.10. The monoisotopic (exact) mass is 301 g/mol. The Morgan fingerprint density at radius 2 is 2.14 bits per heavy atom. The number of anilines is 1. The van der Waals surface area contributed by atoms with Crippen LogP contribution in [-0.4, -0.2) is 18.1 Å². The lowest BCUT2D eigenvalue weighted by Crippen LogP contribution is -2.21. The third-order valence-corrected chi connectivity index (χ3v) is 4.55. The van der Waals surface area contributed by atoms with Gasteiger partial charge in [0, 0.05) is 23.7 Å². The summed E-state index contributed by atoms with van der Waals surface area (Å²) in [5.41, 5.74) is 3.06. The van der Waals surface area contributed by atoms with Gasteiger partial charge in [0.15, 0.2) is 0 Å². The highest BCUT2D eigenvalue weighted by atomic mass is 32.1.